The Balaban J connectivity index is 2.25. The van der Waals surface area contributed by atoms with Crippen LogP contribution in [0.1, 0.15) is 26.2 Å². The largest absolute Gasteiger partial charge is 0.409 e. The number of hydrogen-bond acceptors (Lipinski definition) is 4. The van der Waals surface area contributed by atoms with Crippen LogP contribution in [0, 0.1) is 5.92 Å². The average Bonchev–Trinajstić information content (AvgIpc) is 3.01. The minimum Gasteiger partial charge on any atom is -0.409 e. The van der Waals surface area contributed by atoms with Crippen molar-refractivity contribution in [1.29, 1.82) is 0 Å². The van der Waals surface area contributed by atoms with Gasteiger partial charge in [-0.1, -0.05) is 12.1 Å². The summed E-state index contributed by atoms with van der Waals surface area (Å²) in [4.78, 5) is 0. The van der Waals surface area contributed by atoms with Gasteiger partial charge in [-0.05, 0) is 25.2 Å². The molecule has 1 saturated carbocycles. The minimum atomic E-state index is -0.296. The molecule has 14 heavy (non-hydrogen) atoms. The first kappa shape index (κ1) is 11.3. The zero-order chi connectivity index (χ0) is 10.6. The highest BCUT2D eigenvalue weighted by molar-refractivity contribution is 5.85. The third-order valence-corrected chi connectivity index (χ3v) is 2.62. The van der Waals surface area contributed by atoms with Crippen LogP contribution in [0.3, 0.4) is 0 Å². The topological polar surface area (TPSA) is 90.9 Å². The Labute approximate surface area is 84.0 Å². The molecule has 1 aliphatic carbocycles. The predicted molar refractivity (Wildman–Crippen MR) is 54.2 cm³/mol. The lowest BCUT2D eigenvalue weighted by atomic mass is 10.1. The zero-order valence-corrected chi connectivity index (χ0v) is 8.48. The first-order valence-electron chi connectivity index (χ1n) is 5.07. The summed E-state index contributed by atoms with van der Waals surface area (Å²) in [7, 11) is 0. The molecule has 0 aromatic carbocycles. The van der Waals surface area contributed by atoms with Gasteiger partial charge in [0, 0.05) is 6.54 Å². The van der Waals surface area contributed by atoms with E-state index in [0.29, 0.717) is 12.5 Å². The van der Waals surface area contributed by atoms with Crippen LogP contribution >= 0.6 is 0 Å². The lowest BCUT2D eigenvalue weighted by molar-refractivity contribution is 0.147. The first-order valence-corrected chi connectivity index (χ1v) is 5.07. The van der Waals surface area contributed by atoms with Gasteiger partial charge in [0.25, 0.3) is 0 Å². The molecule has 1 fully saturated rings. The summed E-state index contributed by atoms with van der Waals surface area (Å²) < 4.78 is 0. The molecule has 0 aromatic heterocycles. The molecule has 0 bridgehead atoms. The Morgan fingerprint density at radius 1 is 1.64 bits per heavy atom. The van der Waals surface area contributed by atoms with Crippen molar-refractivity contribution in [3.05, 3.63) is 0 Å². The highest BCUT2D eigenvalue weighted by Crippen LogP contribution is 2.32. The summed E-state index contributed by atoms with van der Waals surface area (Å²) in [6, 6.07) is -0.145. The molecule has 0 aliphatic heterocycles. The number of oxime groups is 1. The van der Waals surface area contributed by atoms with E-state index in [4.69, 9.17) is 10.9 Å². The molecule has 2 unspecified atom stereocenters. The molecular weight excluding hydrogens is 182 g/mol. The monoisotopic (exact) mass is 201 g/mol. The third-order valence-electron chi connectivity index (χ3n) is 2.62. The van der Waals surface area contributed by atoms with E-state index in [0.717, 1.165) is 19.3 Å². The quantitative estimate of drug-likeness (QED) is 0.208. The second-order valence-corrected chi connectivity index (χ2v) is 3.80. The number of aliphatic hydroxyl groups excluding tert-OH is 1. The summed E-state index contributed by atoms with van der Waals surface area (Å²) >= 11 is 0. The van der Waals surface area contributed by atoms with E-state index in [2.05, 4.69) is 10.5 Å². The summed E-state index contributed by atoms with van der Waals surface area (Å²) in [5.41, 5.74) is 5.46. The minimum absolute atomic E-state index is 0.145. The van der Waals surface area contributed by atoms with E-state index in [1.54, 1.807) is 0 Å². The van der Waals surface area contributed by atoms with Crippen molar-refractivity contribution >= 4 is 5.84 Å². The summed E-state index contributed by atoms with van der Waals surface area (Å²) in [6.07, 6.45) is 2.68. The van der Waals surface area contributed by atoms with Crippen molar-refractivity contribution in [2.45, 2.75) is 38.3 Å². The van der Waals surface area contributed by atoms with E-state index >= 15 is 0 Å². The van der Waals surface area contributed by atoms with E-state index in [9.17, 15) is 5.11 Å². The highest BCUT2D eigenvalue weighted by atomic mass is 16.4. The maximum atomic E-state index is 9.58. The summed E-state index contributed by atoms with van der Waals surface area (Å²) in [5, 5.41) is 24.1. The lowest BCUT2D eigenvalue weighted by Gasteiger charge is -2.17. The molecule has 0 saturated heterocycles. The zero-order valence-electron chi connectivity index (χ0n) is 8.48. The summed E-state index contributed by atoms with van der Waals surface area (Å²) in [6.45, 7) is 2.46. The number of rotatable bonds is 6. The molecule has 5 nitrogen and oxygen atoms in total. The van der Waals surface area contributed by atoms with E-state index in [-0.39, 0.29) is 18.0 Å². The van der Waals surface area contributed by atoms with Crippen molar-refractivity contribution < 1.29 is 10.3 Å². The molecular formula is C9H19N3O2. The Bertz CT molecular complexity index is 204. The van der Waals surface area contributed by atoms with E-state index in [1.807, 2.05) is 6.92 Å². The number of aliphatic hydroxyl groups is 1. The smallest absolute Gasteiger partial charge is 0.156 e. The second kappa shape index (κ2) is 5.17. The van der Waals surface area contributed by atoms with Crippen LogP contribution in [0.15, 0.2) is 5.16 Å². The van der Waals surface area contributed by atoms with Gasteiger partial charge in [0.15, 0.2) is 5.84 Å². The normalized spacial score (nSPS) is 22.0. The standard InChI is InChI=1S/C9H19N3O2/c1-2-7(9(10)12-14)11-5-8(13)6-3-4-6/h6-8,11,13-14H,2-5H2,1H3,(H2,10,12). The molecule has 0 aromatic rings. The second-order valence-electron chi connectivity index (χ2n) is 3.80. The van der Waals surface area contributed by atoms with Gasteiger partial charge in [-0.15, -0.1) is 0 Å². The SMILES string of the molecule is CCC(NCC(O)C1CC1)C(N)=NO. The van der Waals surface area contributed by atoms with Gasteiger partial charge in [-0.25, -0.2) is 0 Å². The van der Waals surface area contributed by atoms with E-state index in [1.165, 1.54) is 0 Å². The number of nitrogens with two attached hydrogens (primary N) is 1. The van der Waals surface area contributed by atoms with Crippen molar-refractivity contribution in [1.82, 2.24) is 5.32 Å². The van der Waals surface area contributed by atoms with Crippen LogP contribution < -0.4 is 11.1 Å². The molecule has 82 valence electrons. The molecule has 1 rings (SSSR count). The van der Waals surface area contributed by atoms with Crippen molar-refractivity contribution in [2.75, 3.05) is 6.54 Å². The molecule has 0 heterocycles. The first-order chi connectivity index (χ1) is 6.69. The van der Waals surface area contributed by atoms with Crippen molar-refractivity contribution in [3.63, 3.8) is 0 Å². The van der Waals surface area contributed by atoms with Crippen LogP contribution in [0.5, 0.6) is 0 Å². The van der Waals surface area contributed by atoms with Gasteiger partial charge in [0.1, 0.15) is 0 Å². The molecule has 2 atom stereocenters. The Kier molecular flexibility index (Phi) is 4.16. The maximum Gasteiger partial charge on any atom is 0.156 e. The van der Waals surface area contributed by atoms with Crippen LogP contribution in [0.25, 0.3) is 0 Å². The Hall–Kier alpha value is -0.810. The lowest BCUT2D eigenvalue weighted by Crippen LogP contribution is -2.44. The summed E-state index contributed by atoms with van der Waals surface area (Å²) in [5.74, 6) is 0.628. The van der Waals surface area contributed by atoms with Gasteiger partial charge < -0.3 is 21.4 Å². The average molecular weight is 201 g/mol. The van der Waals surface area contributed by atoms with Crippen molar-refractivity contribution in [2.24, 2.45) is 16.8 Å². The van der Waals surface area contributed by atoms with Crippen LogP contribution in [-0.4, -0.2) is 34.8 Å². The van der Waals surface area contributed by atoms with Gasteiger partial charge >= 0.3 is 0 Å². The Morgan fingerprint density at radius 2 is 2.29 bits per heavy atom. The van der Waals surface area contributed by atoms with Crippen molar-refractivity contribution in [3.8, 4) is 0 Å². The third kappa shape index (κ3) is 3.16. The fourth-order valence-electron chi connectivity index (χ4n) is 1.44. The molecule has 5 N–H and O–H groups in total. The number of nitrogens with zero attached hydrogens (tertiary/aromatic N) is 1. The van der Waals surface area contributed by atoms with Crippen LogP contribution in [0.4, 0.5) is 0 Å². The van der Waals surface area contributed by atoms with Gasteiger partial charge in [-0.2, -0.15) is 0 Å². The van der Waals surface area contributed by atoms with Gasteiger partial charge in [0.05, 0.1) is 12.1 Å². The molecule has 0 radical (unpaired) electrons. The van der Waals surface area contributed by atoms with Crippen LogP contribution in [0.2, 0.25) is 0 Å². The van der Waals surface area contributed by atoms with E-state index < -0.39 is 0 Å². The Morgan fingerprint density at radius 3 is 2.71 bits per heavy atom. The fourth-order valence-corrected chi connectivity index (χ4v) is 1.44. The van der Waals surface area contributed by atoms with Crippen LogP contribution in [-0.2, 0) is 0 Å². The molecule has 5 heteroatoms. The number of hydrogen-bond donors (Lipinski definition) is 4. The number of amidine groups is 1. The number of nitrogens with one attached hydrogen (secondary N) is 1. The maximum absolute atomic E-state index is 9.58. The molecule has 0 spiro atoms. The van der Waals surface area contributed by atoms with Gasteiger partial charge in [-0.3, -0.25) is 0 Å². The molecule has 0 amide bonds. The van der Waals surface area contributed by atoms with Gasteiger partial charge in [0.2, 0.25) is 0 Å². The fraction of sp³-hybridized carbons (Fsp3) is 0.889. The highest BCUT2D eigenvalue weighted by Gasteiger charge is 2.29. The predicted octanol–water partition coefficient (Wildman–Crippen LogP) is -0.128. The molecule has 1 aliphatic rings.